The van der Waals surface area contributed by atoms with Gasteiger partial charge in [0.25, 0.3) is 0 Å². The van der Waals surface area contributed by atoms with Crippen LogP contribution in [0.3, 0.4) is 0 Å². The van der Waals surface area contributed by atoms with Crippen LogP contribution in [0.25, 0.3) is 27.9 Å². The van der Waals surface area contributed by atoms with E-state index in [1.165, 1.54) is 4.90 Å². The van der Waals surface area contributed by atoms with Crippen molar-refractivity contribution in [3.8, 4) is 11.4 Å². The highest BCUT2D eigenvalue weighted by atomic mass is 16.5. The van der Waals surface area contributed by atoms with Crippen LogP contribution >= 0.6 is 0 Å². The maximum atomic E-state index is 12.5. The fourth-order valence-electron chi connectivity index (χ4n) is 2.90. The molecule has 3 heterocycles. The Labute approximate surface area is 153 Å². The molecular weight excluding hydrogens is 348 g/mol. The number of nitrogens with zero attached hydrogens (tertiary/aromatic N) is 4. The standard InChI is InChI=1S/C18H18N6O3/c1-23(2)14(25)8-10-27-12-5-3-11(4-6-12)24-15-13-7-9-19-16(13)21-22-17(15)20-18(24)26/h3-7,9H,8,10H2,1-2H3,(H,19,21)(H,20,22,26). The Bertz CT molecular complexity index is 1170. The Morgan fingerprint density at radius 1 is 1.15 bits per heavy atom. The highest BCUT2D eigenvalue weighted by Gasteiger charge is 2.14. The van der Waals surface area contributed by atoms with Gasteiger partial charge in [-0.05, 0) is 30.3 Å². The summed E-state index contributed by atoms with van der Waals surface area (Å²) in [5.41, 5.74) is 2.09. The third-order valence-electron chi connectivity index (χ3n) is 4.29. The van der Waals surface area contributed by atoms with Gasteiger partial charge in [0.15, 0.2) is 11.3 Å². The van der Waals surface area contributed by atoms with Crippen molar-refractivity contribution in [1.29, 1.82) is 0 Å². The predicted molar refractivity (Wildman–Crippen MR) is 100 cm³/mol. The number of aromatic amines is 2. The number of benzene rings is 1. The smallest absolute Gasteiger partial charge is 0.332 e. The SMILES string of the molecule is CN(C)C(=O)CCOc1ccc(-n2c(=O)[nH]c3nnc4[nH]ccc4c32)cc1. The fraction of sp³-hybridized carbons (Fsp3) is 0.222. The largest absolute Gasteiger partial charge is 0.493 e. The number of imidazole rings is 1. The van der Waals surface area contributed by atoms with Crippen molar-refractivity contribution in [2.75, 3.05) is 20.7 Å². The van der Waals surface area contributed by atoms with E-state index in [1.54, 1.807) is 49.1 Å². The van der Waals surface area contributed by atoms with Gasteiger partial charge in [0.1, 0.15) is 11.3 Å². The van der Waals surface area contributed by atoms with Gasteiger partial charge in [0.2, 0.25) is 5.91 Å². The lowest BCUT2D eigenvalue weighted by molar-refractivity contribution is -0.129. The second-order valence-electron chi connectivity index (χ2n) is 6.28. The topological polar surface area (TPSA) is 109 Å². The molecule has 1 aromatic carbocycles. The van der Waals surface area contributed by atoms with Crippen LogP contribution in [0.1, 0.15) is 6.42 Å². The van der Waals surface area contributed by atoms with Gasteiger partial charge >= 0.3 is 5.69 Å². The van der Waals surface area contributed by atoms with Gasteiger partial charge in [-0.2, -0.15) is 0 Å². The first-order valence-electron chi connectivity index (χ1n) is 8.42. The van der Waals surface area contributed by atoms with Crippen LogP contribution in [0.15, 0.2) is 41.3 Å². The number of carbonyl (C=O) groups is 1. The number of H-pyrrole nitrogens is 2. The van der Waals surface area contributed by atoms with E-state index in [0.29, 0.717) is 41.3 Å². The summed E-state index contributed by atoms with van der Waals surface area (Å²) in [6.07, 6.45) is 2.06. The minimum Gasteiger partial charge on any atom is -0.493 e. The molecule has 0 aliphatic carbocycles. The number of fused-ring (bicyclic) bond motifs is 3. The summed E-state index contributed by atoms with van der Waals surface area (Å²) in [6, 6.07) is 8.97. The van der Waals surface area contributed by atoms with E-state index >= 15 is 0 Å². The van der Waals surface area contributed by atoms with Gasteiger partial charge in [-0.3, -0.25) is 14.3 Å². The minimum atomic E-state index is -0.293. The summed E-state index contributed by atoms with van der Waals surface area (Å²) < 4.78 is 7.16. The van der Waals surface area contributed by atoms with E-state index in [1.807, 2.05) is 6.07 Å². The number of carbonyl (C=O) groups excluding carboxylic acids is 1. The number of nitrogens with one attached hydrogen (secondary N) is 2. The van der Waals surface area contributed by atoms with Gasteiger partial charge < -0.3 is 14.6 Å². The van der Waals surface area contributed by atoms with Crippen molar-refractivity contribution in [2.45, 2.75) is 6.42 Å². The second kappa shape index (κ2) is 6.60. The van der Waals surface area contributed by atoms with E-state index < -0.39 is 0 Å². The van der Waals surface area contributed by atoms with Crippen LogP contribution in [0.4, 0.5) is 0 Å². The van der Waals surface area contributed by atoms with Crippen LogP contribution in [0, 0.1) is 0 Å². The number of aromatic nitrogens is 5. The van der Waals surface area contributed by atoms with E-state index in [2.05, 4.69) is 20.2 Å². The molecule has 4 aromatic rings. The molecule has 0 bridgehead atoms. The van der Waals surface area contributed by atoms with Crippen LogP contribution in [-0.2, 0) is 4.79 Å². The summed E-state index contributed by atoms with van der Waals surface area (Å²) in [5, 5.41) is 8.92. The first-order valence-corrected chi connectivity index (χ1v) is 8.42. The van der Waals surface area contributed by atoms with E-state index in [4.69, 9.17) is 4.74 Å². The van der Waals surface area contributed by atoms with Crippen molar-refractivity contribution in [3.05, 3.63) is 47.0 Å². The molecule has 1 amide bonds. The Kier molecular flexibility index (Phi) is 4.11. The maximum Gasteiger partial charge on any atom is 0.332 e. The first kappa shape index (κ1) is 16.8. The fourth-order valence-corrected chi connectivity index (χ4v) is 2.90. The summed E-state index contributed by atoms with van der Waals surface area (Å²) in [5.74, 6) is 0.637. The van der Waals surface area contributed by atoms with Gasteiger partial charge in [0, 0.05) is 25.7 Å². The molecule has 3 aromatic heterocycles. The van der Waals surface area contributed by atoms with Gasteiger partial charge in [-0.15, -0.1) is 10.2 Å². The van der Waals surface area contributed by atoms with Crippen molar-refractivity contribution in [1.82, 2.24) is 29.6 Å². The lowest BCUT2D eigenvalue weighted by Crippen LogP contribution is -2.23. The van der Waals surface area contributed by atoms with Crippen LogP contribution < -0.4 is 10.4 Å². The molecule has 0 saturated heterocycles. The average Bonchev–Trinajstić information content (AvgIpc) is 3.25. The predicted octanol–water partition coefficient (Wildman–Crippen LogP) is 1.45. The zero-order chi connectivity index (χ0) is 19.0. The third-order valence-corrected chi connectivity index (χ3v) is 4.29. The average molecular weight is 366 g/mol. The molecule has 0 aliphatic rings. The summed E-state index contributed by atoms with van der Waals surface area (Å²) in [6.45, 7) is 0.295. The van der Waals surface area contributed by atoms with E-state index in [-0.39, 0.29) is 11.6 Å². The van der Waals surface area contributed by atoms with E-state index in [0.717, 1.165) is 5.39 Å². The highest BCUT2D eigenvalue weighted by Crippen LogP contribution is 2.23. The Hall–Kier alpha value is -3.62. The highest BCUT2D eigenvalue weighted by molar-refractivity contribution is 5.99. The molecule has 0 spiro atoms. The molecule has 27 heavy (non-hydrogen) atoms. The van der Waals surface area contributed by atoms with Gasteiger partial charge in [-0.25, -0.2) is 4.79 Å². The number of hydrogen-bond acceptors (Lipinski definition) is 5. The Morgan fingerprint density at radius 3 is 2.63 bits per heavy atom. The summed E-state index contributed by atoms with van der Waals surface area (Å²) in [7, 11) is 3.42. The molecule has 0 atom stereocenters. The number of rotatable bonds is 5. The molecule has 9 nitrogen and oxygen atoms in total. The number of hydrogen-bond donors (Lipinski definition) is 2. The van der Waals surface area contributed by atoms with Crippen molar-refractivity contribution in [3.63, 3.8) is 0 Å². The second-order valence-corrected chi connectivity index (χ2v) is 6.28. The molecule has 138 valence electrons. The quantitative estimate of drug-likeness (QED) is 0.556. The molecule has 2 N–H and O–H groups in total. The lowest BCUT2D eigenvalue weighted by atomic mass is 10.2. The zero-order valence-electron chi connectivity index (χ0n) is 14.9. The third kappa shape index (κ3) is 3.03. The Morgan fingerprint density at radius 2 is 1.89 bits per heavy atom. The molecular formula is C18H18N6O3. The first-order chi connectivity index (χ1) is 13.0. The normalized spacial score (nSPS) is 11.2. The van der Waals surface area contributed by atoms with Crippen LogP contribution in [-0.4, -0.2) is 56.2 Å². The monoisotopic (exact) mass is 366 g/mol. The molecule has 9 heteroatoms. The van der Waals surface area contributed by atoms with Gasteiger partial charge in [0.05, 0.1) is 18.7 Å². The molecule has 4 rings (SSSR count). The van der Waals surface area contributed by atoms with Crippen molar-refractivity contribution >= 4 is 28.1 Å². The van der Waals surface area contributed by atoms with Crippen molar-refractivity contribution < 1.29 is 9.53 Å². The zero-order valence-corrected chi connectivity index (χ0v) is 14.9. The number of ether oxygens (including phenoxy) is 1. The molecule has 0 saturated carbocycles. The van der Waals surface area contributed by atoms with E-state index in [9.17, 15) is 9.59 Å². The van der Waals surface area contributed by atoms with Crippen LogP contribution in [0.2, 0.25) is 0 Å². The van der Waals surface area contributed by atoms with Crippen LogP contribution in [0.5, 0.6) is 5.75 Å². The summed E-state index contributed by atoms with van der Waals surface area (Å²) >= 11 is 0. The summed E-state index contributed by atoms with van der Waals surface area (Å²) in [4.78, 5) is 31.3. The number of amides is 1. The minimum absolute atomic E-state index is 0.00796. The molecule has 0 fully saturated rings. The molecule has 0 radical (unpaired) electrons. The molecule has 0 aliphatic heterocycles. The van der Waals surface area contributed by atoms with Crippen molar-refractivity contribution in [2.24, 2.45) is 0 Å². The molecule has 0 unspecified atom stereocenters. The van der Waals surface area contributed by atoms with Gasteiger partial charge in [-0.1, -0.05) is 0 Å². The Balaban J connectivity index is 1.63. The maximum absolute atomic E-state index is 12.5. The lowest BCUT2D eigenvalue weighted by Gasteiger charge is -2.11.